The zero-order valence-corrected chi connectivity index (χ0v) is 11.3. The first-order chi connectivity index (χ1) is 8.07. The number of nitrogens with zero attached hydrogens (tertiary/aromatic N) is 1. The summed E-state index contributed by atoms with van der Waals surface area (Å²) < 4.78 is 0. The summed E-state index contributed by atoms with van der Waals surface area (Å²) >= 11 is 1.73. The summed E-state index contributed by atoms with van der Waals surface area (Å²) in [6.45, 7) is 2.99. The maximum absolute atomic E-state index is 12.4. The molecule has 96 valence electrons. The van der Waals surface area contributed by atoms with E-state index in [1.54, 1.807) is 16.7 Å². The summed E-state index contributed by atoms with van der Waals surface area (Å²) in [4.78, 5) is 25.9. The molecule has 2 fully saturated rings. The van der Waals surface area contributed by atoms with Crippen LogP contribution in [0.5, 0.6) is 0 Å². The van der Waals surface area contributed by atoms with Gasteiger partial charge < -0.3 is 10.2 Å². The van der Waals surface area contributed by atoms with E-state index in [4.69, 9.17) is 0 Å². The number of rotatable bonds is 3. The smallest absolute Gasteiger partial charge is 0.248 e. The van der Waals surface area contributed by atoms with Crippen molar-refractivity contribution in [2.75, 3.05) is 19.3 Å². The second-order valence-corrected chi connectivity index (χ2v) is 6.35. The summed E-state index contributed by atoms with van der Waals surface area (Å²) in [6.07, 6.45) is 5.73. The van der Waals surface area contributed by atoms with Gasteiger partial charge in [-0.1, -0.05) is 19.8 Å². The summed E-state index contributed by atoms with van der Waals surface area (Å²) in [6, 6.07) is 0. The van der Waals surface area contributed by atoms with E-state index in [0.29, 0.717) is 11.8 Å². The predicted molar refractivity (Wildman–Crippen MR) is 68.9 cm³/mol. The molecule has 0 bridgehead atoms. The van der Waals surface area contributed by atoms with Crippen molar-refractivity contribution in [1.82, 2.24) is 10.2 Å². The number of amides is 2. The van der Waals surface area contributed by atoms with Crippen molar-refractivity contribution in [2.24, 2.45) is 0 Å². The molecule has 0 aromatic carbocycles. The van der Waals surface area contributed by atoms with Crippen LogP contribution in [0.3, 0.4) is 0 Å². The second kappa shape index (κ2) is 4.88. The van der Waals surface area contributed by atoms with Gasteiger partial charge in [0.2, 0.25) is 11.8 Å². The Kier molecular flexibility index (Phi) is 3.66. The van der Waals surface area contributed by atoms with Crippen molar-refractivity contribution in [2.45, 2.75) is 43.4 Å². The lowest BCUT2D eigenvalue weighted by atomic mass is 9.93. The first-order valence-electron chi connectivity index (χ1n) is 6.20. The largest absolute Gasteiger partial charge is 0.340 e. The number of hydrogen-bond donors (Lipinski definition) is 1. The Morgan fingerprint density at radius 2 is 2.06 bits per heavy atom. The Hall–Kier alpha value is -0.710. The van der Waals surface area contributed by atoms with E-state index in [1.807, 2.05) is 6.26 Å². The monoisotopic (exact) mass is 256 g/mol. The molecule has 2 aliphatic rings. The third kappa shape index (κ3) is 2.44. The van der Waals surface area contributed by atoms with Crippen LogP contribution in [0.25, 0.3) is 0 Å². The molecule has 1 aliphatic carbocycles. The van der Waals surface area contributed by atoms with Crippen LogP contribution >= 0.6 is 11.8 Å². The lowest BCUT2D eigenvalue weighted by Crippen LogP contribution is -2.66. The Morgan fingerprint density at radius 3 is 2.65 bits per heavy atom. The molecule has 17 heavy (non-hydrogen) atoms. The SMILES string of the molecule is CSC(C)CN1CC(=O)NC2(CCCC2)C1=O. The number of carbonyl (C=O) groups excluding carboxylic acids is 2. The number of nitrogens with one attached hydrogen (secondary N) is 1. The summed E-state index contributed by atoms with van der Waals surface area (Å²) in [5, 5.41) is 3.30. The lowest BCUT2D eigenvalue weighted by molar-refractivity contribution is -0.149. The molecule has 4 nitrogen and oxygen atoms in total. The average molecular weight is 256 g/mol. The predicted octanol–water partition coefficient (Wildman–Crippen LogP) is 1.01. The molecule has 1 unspecified atom stereocenters. The van der Waals surface area contributed by atoms with E-state index in [2.05, 4.69) is 12.2 Å². The van der Waals surface area contributed by atoms with Crippen LogP contribution in [0.4, 0.5) is 0 Å². The van der Waals surface area contributed by atoms with Crippen LogP contribution < -0.4 is 5.32 Å². The van der Waals surface area contributed by atoms with Crippen molar-refractivity contribution in [3.05, 3.63) is 0 Å². The summed E-state index contributed by atoms with van der Waals surface area (Å²) in [5.74, 6) is 0.135. The van der Waals surface area contributed by atoms with Crippen LogP contribution in [-0.4, -0.2) is 46.8 Å². The average Bonchev–Trinajstić information content (AvgIpc) is 2.74. The topological polar surface area (TPSA) is 49.4 Å². The van der Waals surface area contributed by atoms with Crippen LogP contribution in [0.1, 0.15) is 32.6 Å². The first kappa shape index (κ1) is 12.7. The molecule has 1 N–H and O–H groups in total. The molecular formula is C12H20N2O2S. The van der Waals surface area contributed by atoms with Gasteiger partial charge in [0.15, 0.2) is 0 Å². The highest BCUT2D eigenvalue weighted by molar-refractivity contribution is 7.99. The first-order valence-corrected chi connectivity index (χ1v) is 7.49. The highest BCUT2D eigenvalue weighted by atomic mass is 32.2. The zero-order valence-electron chi connectivity index (χ0n) is 10.5. The maximum Gasteiger partial charge on any atom is 0.248 e. The van der Waals surface area contributed by atoms with Gasteiger partial charge in [0, 0.05) is 11.8 Å². The van der Waals surface area contributed by atoms with Gasteiger partial charge in [-0.15, -0.1) is 0 Å². The van der Waals surface area contributed by atoms with Crippen LogP contribution in [0, 0.1) is 0 Å². The molecule has 2 rings (SSSR count). The van der Waals surface area contributed by atoms with Gasteiger partial charge in [-0.25, -0.2) is 0 Å². The van der Waals surface area contributed by atoms with E-state index in [1.165, 1.54) is 0 Å². The normalized spacial score (nSPS) is 25.2. The Morgan fingerprint density at radius 1 is 1.41 bits per heavy atom. The van der Waals surface area contributed by atoms with Gasteiger partial charge in [-0.05, 0) is 19.1 Å². The van der Waals surface area contributed by atoms with Crippen molar-refractivity contribution >= 4 is 23.6 Å². The third-order valence-electron chi connectivity index (χ3n) is 3.75. The molecule has 1 aliphatic heterocycles. The highest BCUT2D eigenvalue weighted by Crippen LogP contribution is 2.33. The van der Waals surface area contributed by atoms with Crippen molar-refractivity contribution in [3.63, 3.8) is 0 Å². The number of piperazine rings is 1. The van der Waals surface area contributed by atoms with Crippen molar-refractivity contribution in [3.8, 4) is 0 Å². The highest BCUT2D eigenvalue weighted by Gasteiger charge is 2.48. The van der Waals surface area contributed by atoms with Crippen molar-refractivity contribution in [1.29, 1.82) is 0 Å². The molecule has 0 radical (unpaired) electrons. The molecule has 1 saturated carbocycles. The van der Waals surface area contributed by atoms with Gasteiger partial charge >= 0.3 is 0 Å². The molecule has 0 aromatic heterocycles. The van der Waals surface area contributed by atoms with Crippen LogP contribution in [0.2, 0.25) is 0 Å². The molecule has 1 spiro atoms. The Balaban J connectivity index is 2.11. The van der Waals surface area contributed by atoms with Crippen LogP contribution in [-0.2, 0) is 9.59 Å². The van der Waals surface area contributed by atoms with Crippen LogP contribution in [0.15, 0.2) is 0 Å². The van der Waals surface area contributed by atoms with Gasteiger partial charge in [0.05, 0.1) is 6.54 Å². The molecular weight excluding hydrogens is 236 g/mol. The molecule has 5 heteroatoms. The standard InChI is InChI=1S/C12H20N2O2S/c1-9(17-2)7-14-8-10(15)13-12(11(14)16)5-3-4-6-12/h9H,3-8H2,1-2H3,(H,13,15). The van der Waals surface area contributed by atoms with Gasteiger partial charge in [0.25, 0.3) is 0 Å². The van der Waals surface area contributed by atoms with E-state index < -0.39 is 5.54 Å². The molecule has 2 amide bonds. The van der Waals surface area contributed by atoms with Gasteiger partial charge in [-0.3, -0.25) is 9.59 Å². The minimum Gasteiger partial charge on any atom is -0.340 e. The minimum atomic E-state index is -0.562. The third-order valence-corrected chi connectivity index (χ3v) is 4.70. The molecule has 0 aromatic rings. The number of hydrogen-bond acceptors (Lipinski definition) is 3. The summed E-state index contributed by atoms with van der Waals surface area (Å²) in [5.41, 5.74) is -0.562. The maximum atomic E-state index is 12.4. The van der Waals surface area contributed by atoms with Crippen molar-refractivity contribution < 1.29 is 9.59 Å². The van der Waals surface area contributed by atoms with Gasteiger partial charge in [-0.2, -0.15) is 11.8 Å². The fraction of sp³-hybridized carbons (Fsp3) is 0.833. The number of carbonyl (C=O) groups is 2. The molecule has 1 heterocycles. The number of thioether (sulfide) groups is 1. The van der Waals surface area contributed by atoms with E-state index in [0.717, 1.165) is 25.7 Å². The Labute approximate surface area is 106 Å². The summed E-state index contributed by atoms with van der Waals surface area (Å²) in [7, 11) is 0. The van der Waals surface area contributed by atoms with E-state index in [-0.39, 0.29) is 18.4 Å². The second-order valence-electron chi connectivity index (χ2n) is 5.07. The van der Waals surface area contributed by atoms with E-state index >= 15 is 0 Å². The fourth-order valence-corrected chi connectivity index (χ4v) is 3.09. The van der Waals surface area contributed by atoms with Gasteiger partial charge in [0.1, 0.15) is 5.54 Å². The molecule has 1 atom stereocenters. The fourth-order valence-electron chi connectivity index (χ4n) is 2.76. The zero-order chi connectivity index (χ0) is 12.5. The quantitative estimate of drug-likeness (QED) is 0.820. The van der Waals surface area contributed by atoms with E-state index in [9.17, 15) is 9.59 Å². The molecule has 1 saturated heterocycles. The minimum absolute atomic E-state index is 0.000182. The lowest BCUT2D eigenvalue weighted by Gasteiger charge is -2.40. The Bertz CT molecular complexity index is 326.